The largest absolute Gasteiger partial charge is 0.352 e. The molecule has 0 saturated heterocycles. The molecule has 0 spiro atoms. The van der Waals surface area contributed by atoms with Crippen molar-refractivity contribution in [2.45, 2.75) is 51.6 Å². The zero-order chi connectivity index (χ0) is 22.1. The topological polar surface area (TPSA) is 49.4 Å². The van der Waals surface area contributed by atoms with E-state index in [1.165, 1.54) is 22.7 Å². The predicted molar refractivity (Wildman–Crippen MR) is 122 cm³/mol. The number of carbonyl (C=O) groups is 2. The van der Waals surface area contributed by atoms with Gasteiger partial charge in [0.25, 0.3) is 0 Å². The van der Waals surface area contributed by atoms with Crippen LogP contribution in [0.5, 0.6) is 0 Å². The molecule has 7 heteroatoms. The molecule has 1 N–H and O–H groups in total. The first-order chi connectivity index (χ1) is 14.3. The Labute approximate surface area is 187 Å². The molecule has 4 nitrogen and oxygen atoms in total. The van der Waals surface area contributed by atoms with Crippen LogP contribution in [0.3, 0.4) is 0 Å². The van der Waals surface area contributed by atoms with Gasteiger partial charge in [0.15, 0.2) is 0 Å². The molecular weight excluding hydrogens is 423 g/mol. The molecule has 2 amide bonds. The molecule has 2 aromatic rings. The Balaban J connectivity index is 2.09. The molecule has 0 aliphatic heterocycles. The van der Waals surface area contributed by atoms with Gasteiger partial charge >= 0.3 is 0 Å². The molecular formula is C23H28ClFN2O2S. The summed E-state index contributed by atoms with van der Waals surface area (Å²) in [7, 11) is 0. The molecule has 2 aromatic carbocycles. The highest BCUT2D eigenvalue weighted by Crippen LogP contribution is 2.19. The lowest BCUT2D eigenvalue weighted by Crippen LogP contribution is -2.50. The van der Waals surface area contributed by atoms with Gasteiger partial charge in [-0.3, -0.25) is 9.59 Å². The van der Waals surface area contributed by atoms with Gasteiger partial charge in [-0.05, 0) is 44.0 Å². The molecule has 2 rings (SSSR count). The van der Waals surface area contributed by atoms with Crippen molar-refractivity contribution in [3.05, 3.63) is 70.5 Å². The number of amides is 2. The zero-order valence-corrected chi connectivity index (χ0v) is 19.1. The van der Waals surface area contributed by atoms with E-state index in [9.17, 15) is 14.0 Å². The molecule has 0 fully saturated rings. The van der Waals surface area contributed by atoms with Crippen molar-refractivity contribution in [2.24, 2.45) is 0 Å². The van der Waals surface area contributed by atoms with Crippen molar-refractivity contribution in [3.63, 3.8) is 0 Å². The minimum absolute atomic E-state index is 0.00238. The van der Waals surface area contributed by atoms with Gasteiger partial charge in [0.2, 0.25) is 11.8 Å². The van der Waals surface area contributed by atoms with Gasteiger partial charge in [-0.2, -0.15) is 0 Å². The summed E-state index contributed by atoms with van der Waals surface area (Å²) < 4.78 is 14.2. The Morgan fingerprint density at radius 1 is 1.17 bits per heavy atom. The number of thioether (sulfide) groups is 1. The van der Waals surface area contributed by atoms with Crippen LogP contribution in [0.25, 0.3) is 0 Å². The van der Waals surface area contributed by atoms with Gasteiger partial charge < -0.3 is 10.2 Å². The summed E-state index contributed by atoms with van der Waals surface area (Å²) in [4.78, 5) is 27.1. The molecule has 2 atom stereocenters. The van der Waals surface area contributed by atoms with E-state index in [0.717, 1.165) is 12.0 Å². The average molecular weight is 451 g/mol. The fourth-order valence-corrected chi connectivity index (χ4v) is 3.89. The van der Waals surface area contributed by atoms with Gasteiger partial charge in [0.1, 0.15) is 11.9 Å². The Hall–Kier alpha value is -2.05. The first kappa shape index (κ1) is 24.2. The number of carbonyl (C=O) groups excluding carboxylic acids is 2. The van der Waals surface area contributed by atoms with Gasteiger partial charge in [0.05, 0.1) is 5.75 Å². The second kappa shape index (κ2) is 12.0. The van der Waals surface area contributed by atoms with Crippen LogP contribution >= 0.6 is 23.4 Å². The van der Waals surface area contributed by atoms with Crippen molar-refractivity contribution >= 4 is 35.2 Å². The Morgan fingerprint density at radius 3 is 2.57 bits per heavy atom. The summed E-state index contributed by atoms with van der Waals surface area (Å²) in [6.45, 7) is 5.61. The lowest BCUT2D eigenvalue weighted by Gasteiger charge is -2.29. The third-order valence-corrected chi connectivity index (χ3v) is 6.07. The Bertz CT molecular complexity index is 865. The highest BCUT2D eigenvalue weighted by Gasteiger charge is 2.27. The molecule has 162 valence electrons. The number of rotatable bonds is 10. The lowest BCUT2D eigenvalue weighted by atomic mass is 10.1. The van der Waals surface area contributed by atoms with E-state index in [4.69, 9.17) is 11.6 Å². The van der Waals surface area contributed by atoms with Crippen LogP contribution in [0, 0.1) is 5.82 Å². The summed E-state index contributed by atoms with van der Waals surface area (Å²) in [6.07, 6.45) is 0.787. The van der Waals surface area contributed by atoms with E-state index < -0.39 is 11.9 Å². The van der Waals surface area contributed by atoms with E-state index in [-0.39, 0.29) is 30.2 Å². The van der Waals surface area contributed by atoms with E-state index in [1.54, 1.807) is 31.2 Å². The number of benzene rings is 2. The second-order valence-electron chi connectivity index (χ2n) is 7.23. The molecule has 0 radical (unpaired) electrons. The van der Waals surface area contributed by atoms with Crippen molar-refractivity contribution in [1.29, 1.82) is 0 Å². The van der Waals surface area contributed by atoms with Crippen LogP contribution in [-0.4, -0.2) is 34.6 Å². The normalized spacial score (nSPS) is 12.8. The first-order valence-electron chi connectivity index (χ1n) is 9.97. The van der Waals surface area contributed by atoms with Crippen LogP contribution in [0.2, 0.25) is 5.02 Å². The molecule has 0 unspecified atom stereocenters. The van der Waals surface area contributed by atoms with E-state index in [2.05, 4.69) is 5.32 Å². The highest BCUT2D eigenvalue weighted by atomic mass is 35.5. The maximum absolute atomic E-state index is 14.2. The van der Waals surface area contributed by atoms with Gasteiger partial charge in [-0.1, -0.05) is 48.9 Å². The van der Waals surface area contributed by atoms with Crippen molar-refractivity contribution < 1.29 is 14.0 Å². The minimum atomic E-state index is -0.710. The minimum Gasteiger partial charge on any atom is -0.352 e. The van der Waals surface area contributed by atoms with Crippen molar-refractivity contribution in [1.82, 2.24) is 10.2 Å². The van der Waals surface area contributed by atoms with Crippen LogP contribution in [0.4, 0.5) is 4.39 Å². The maximum Gasteiger partial charge on any atom is 0.242 e. The Morgan fingerprint density at radius 2 is 1.90 bits per heavy atom. The molecule has 0 bridgehead atoms. The quantitative estimate of drug-likeness (QED) is 0.551. The van der Waals surface area contributed by atoms with Gasteiger partial charge in [-0.15, -0.1) is 11.8 Å². The molecule has 0 heterocycles. The van der Waals surface area contributed by atoms with Crippen LogP contribution in [0.15, 0.2) is 48.5 Å². The number of nitrogens with zero attached hydrogens (tertiary/aromatic N) is 1. The number of halogens is 2. The third-order valence-electron chi connectivity index (χ3n) is 4.85. The summed E-state index contributed by atoms with van der Waals surface area (Å²) in [5, 5.41) is 3.55. The number of nitrogens with one attached hydrogen (secondary N) is 1. The molecule has 0 aromatic heterocycles. The van der Waals surface area contributed by atoms with Crippen molar-refractivity contribution in [3.8, 4) is 0 Å². The summed E-state index contributed by atoms with van der Waals surface area (Å²) in [5.41, 5.74) is 1.40. The SMILES string of the molecule is CC[C@H](C)NC(=O)[C@@H](C)N(Cc1ccccc1F)C(=O)CSCc1cccc(Cl)c1. The van der Waals surface area contributed by atoms with E-state index in [1.807, 2.05) is 32.0 Å². The second-order valence-corrected chi connectivity index (χ2v) is 8.65. The van der Waals surface area contributed by atoms with Crippen LogP contribution in [0.1, 0.15) is 38.3 Å². The molecule has 0 aliphatic carbocycles. The number of hydrogen-bond donors (Lipinski definition) is 1. The molecule has 0 aliphatic rings. The van der Waals surface area contributed by atoms with E-state index >= 15 is 0 Å². The maximum atomic E-state index is 14.2. The summed E-state index contributed by atoms with van der Waals surface area (Å²) in [5.74, 6) is -0.0442. The van der Waals surface area contributed by atoms with E-state index in [0.29, 0.717) is 16.3 Å². The third kappa shape index (κ3) is 7.33. The Kier molecular flexibility index (Phi) is 9.66. The van der Waals surface area contributed by atoms with Crippen LogP contribution in [-0.2, 0) is 21.9 Å². The molecule has 30 heavy (non-hydrogen) atoms. The first-order valence-corrected chi connectivity index (χ1v) is 11.5. The van der Waals surface area contributed by atoms with Gasteiger partial charge in [-0.25, -0.2) is 4.39 Å². The smallest absolute Gasteiger partial charge is 0.242 e. The van der Waals surface area contributed by atoms with Crippen LogP contribution < -0.4 is 5.32 Å². The average Bonchev–Trinajstić information content (AvgIpc) is 2.72. The molecule has 0 saturated carbocycles. The highest BCUT2D eigenvalue weighted by molar-refractivity contribution is 7.99. The number of hydrogen-bond acceptors (Lipinski definition) is 3. The zero-order valence-electron chi connectivity index (χ0n) is 17.5. The van der Waals surface area contributed by atoms with Gasteiger partial charge in [0, 0.05) is 28.9 Å². The predicted octanol–water partition coefficient (Wildman–Crippen LogP) is 5.04. The monoisotopic (exact) mass is 450 g/mol. The fraction of sp³-hybridized carbons (Fsp3) is 0.391. The van der Waals surface area contributed by atoms with Crippen molar-refractivity contribution in [2.75, 3.05) is 5.75 Å². The summed E-state index contributed by atoms with van der Waals surface area (Å²) in [6, 6.07) is 13.1. The standard InChI is InChI=1S/C23H28ClFN2O2S/c1-4-16(2)26-23(29)17(3)27(13-19-9-5-6-11-21(19)25)22(28)15-30-14-18-8-7-10-20(24)12-18/h5-12,16-17H,4,13-15H2,1-3H3,(H,26,29)/t16-,17+/m0/s1. The summed E-state index contributed by atoms with van der Waals surface area (Å²) >= 11 is 7.45. The fourth-order valence-electron chi connectivity index (χ4n) is 2.82. The lowest BCUT2D eigenvalue weighted by molar-refractivity contribution is -0.139.